The standard InChI is InChI=1S/C12H16F3N/c1-8-4-3-5-9(2)11(8)10(16)6-7-12(13,14)15/h3-5,10H,6-7,16H2,1-2H3/t10-/m1/s1. The number of hydrogen-bond donors (Lipinski definition) is 1. The first-order valence-corrected chi connectivity index (χ1v) is 5.19. The van der Waals surface area contributed by atoms with Gasteiger partial charge in [-0.3, -0.25) is 0 Å². The molecule has 0 saturated heterocycles. The Bertz CT molecular complexity index is 338. The highest BCUT2D eigenvalue weighted by atomic mass is 19.4. The summed E-state index contributed by atoms with van der Waals surface area (Å²) in [5.74, 6) is 0. The van der Waals surface area contributed by atoms with E-state index in [1.54, 1.807) is 0 Å². The molecule has 0 aromatic heterocycles. The van der Waals surface area contributed by atoms with Crippen molar-refractivity contribution < 1.29 is 13.2 Å². The molecule has 0 aliphatic heterocycles. The van der Waals surface area contributed by atoms with Crippen molar-refractivity contribution in [2.24, 2.45) is 5.73 Å². The van der Waals surface area contributed by atoms with Gasteiger partial charge in [0.25, 0.3) is 0 Å². The van der Waals surface area contributed by atoms with Crippen LogP contribution in [0.2, 0.25) is 0 Å². The van der Waals surface area contributed by atoms with Crippen LogP contribution in [0.25, 0.3) is 0 Å². The number of rotatable bonds is 3. The lowest BCUT2D eigenvalue weighted by atomic mass is 9.94. The lowest BCUT2D eigenvalue weighted by Gasteiger charge is -2.18. The van der Waals surface area contributed by atoms with Crippen molar-refractivity contribution in [3.8, 4) is 0 Å². The van der Waals surface area contributed by atoms with Crippen molar-refractivity contribution in [2.45, 2.75) is 38.9 Å². The van der Waals surface area contributed by atoms with E-state index in [1.807, 2.05) is 32.0 Å². The van der Waals surface area contributed by atoms with Gasteiger partial charge >= 0.3 is 6.18 Å². The van der Waals surface area contributed by atoms with Crippen LogP contribution in [0.5, 0.6) is 0 Å². The first-order chi connectivity index (χ1) is 7.31. The minimum Gasteiger partial charge on any atom is -0.324 e. The van der Waals surface area contributed by atoms with Gasteiger partial charge < -0.3 is 5.73 Å². The van der Waals surface area contributed by atoms with Crippen LogP contribution in [0.4, 0.5) is 13.2 Å². The summed E-state index contributed by atoms with van der Waals surface area (Å²) in [6.07, 6.45) is -5.02. The molecule has 2 N–H and O–H groups in total. The molecule has 1 nitrogen and oxygen atoms in total. The van der Waals surface area contributed by atoms with Gasteiger partial charge in [-0.1, -0.05) is 18.2 Å². The third-order valence-corrected chi connectivity index (χ3v) is 2.65. The fourth-order valence-electron chi connectivity index (χ4n) is 1.88. The van der Waals surface area contributed by atoms with Gasteiger partial charge in [-0.2, -0.15) is 13.2 Å². The van der Waals surface area contributed by atoms with Gasteiger partial charge in [0.2, 0.25) is 0 Å². The van der Waals surface area contributed by atoms with Gasteiger partial charge in [-0.25, -0.2) is 0 Å². The minimum atomic E-state index is -4.13. The third kappa shape index (κ3) is 3.52. The van der Waals surface area contributed by atoms with Crippen molar-refractivity contribution >= 4 is 0 Å². The maximum absolute atomic E-state index is 12.1. The summed E-state index contributed by atoms with van der Waals surface area (Å²) in [4.78, 5) is 0. The first-order valence-electron chi connectivity index (χ1n) is 5.19. The summed E-state index contributed by atoms with van der Waals surface area (Å²) >= 11 is 0. The summed E-state index contributed by atoms with van der Waals surface area (Å²) in [5, 5.41) is 0. The van der Waals surface area contributed by atoms with Crippen molar-refractivity contribution in [3.05, 3.63) is 34.9 Å². The zero-order chi connectivity index (χ0) is 12.3. The molecule has 16 heavy (non-hydrogen) atoms. The second-order valence-electron chi connectivity index (χ2n) is 4.07. The molecule has 0 saturated carbocycles. The topological polar surface area (TPSA) is 26.0 Å². The normalized spacial score (nSPS) is 13.9. The fraction of sp³-hybridized carbons (Fsp3) is 0.500. The molecular formula is C12H16F3N. The molecule has 1 atom stereocenters. The average Bonchev–Trinajstić information content (AvgIpc) is 2.13. The Morgan fingerprint density at radius 3 is 2.12 bits per heavy atom. The number of benzene rings is 1. The number of hydrogen-bond acceptors (Lipinski definition) is 1. The monoisotopic (exact) mass is 231 g/mol. The van der Waals surface area contributed by atoms with Crippen LogP contribution >= 0.6 is 0 Å². The Kier molecular flexibility index (Phi) is 3.97. The molecule has 1 aromatic rings. The van der Waals surface area contributed by atoms with Crippen LogP contribution in [-0.2, 0) is 0 Å². The molecule has 4 heteroatoms. The van der Waals surface area contributed by atoms with Crippen molar-refractivity contribution in [1.82, 2.24) is 0 Å². The molecule has 0 aliphatic rings. The fourth-order valence-corrected chi connectivity index (χ4v) is 1.88. The van der Waals surface area contributed by atoms with E-state index in [0.717, 1.165) is 16.7 Å². The third-order valence-electron chi connectivity index (χ3n) is 2.65. The smallest absolute Gasteiger partial charge is 0.324 e. The van der Waals surface area contributed by atoms with E-state index in [4.69, 9.17) is 5.73 Å². The molecule has 0 radical (unpaired) electrons. The number of alkyl halides is 3. The molecular weight excluding hydrogens is 215 g/mol. The van der Waals surface area contributed by atoms with E-state index in [9.17, 15) is 13.2 Å². The predicted molar refractivity (Wildman–Crippen MR) is 58.1 cm³/mol. The highest BCUT2D eigenvalue weighted by Crippen LogP contribution is 2.28. The van der Waals surface area contributed by atoms with Gasteiger partial charge in [0.15, 0.2) is 0 Å². The number of halogens is 3. The van der Waals surface area contributed by atoms with E-state index in [0.29, 0.717) is 0 Å². The Labute approximate surface area is 93.5 Å². The van der Waals surface area contributed by atoms with Gasteiger partial charge in [-0.05, 0) is 37.0 Å². The maximum Gasteiger partial charge on any atom is 0.389 e. The van der Waals surface area contributed by atoms with Crippen LogP contribution in [-0.4, -0.2) is 6.18 Å². The molecule has 0 spiro atoms. The molecule has 0 fully saturated rings. The zero-order valence-electron chi connectivity index (χ0n) is 9.43. The summed E-state index contributed by atoms with van der Waals surface area (Å²) in [7, 11) is 0. The SMILES string of the molecule is Cc1cccc(C)c1[C@H](N)CCC(F)(F)F. The van der Waals surface area contributed by atoms with Crippen molar-refractivity contribution in [1.29, 1.82) is 0 Å². The lowest BCUT2D eigenvalue weighted by molar-refractivity contribution is -0.136. The van der Waals surface area contributed by atoms with E-state index in [2.05, 4.69) is 0 Å². The van der Waals surface area contributed by atoms with Crippen LogP contribution in [0.1, 0.15) is 35.6 Å². The van der Waals surface area contributed by atoms with E-state index in [1.165, 1.54) is 0 Å². The Hall–Kier alpha value is -1.03. The van der Waals surface area contributed by atoms with Crippen LogP contribution in [0, 0.1) is 13.8 Å². The van der Waals surface area contributed by atoms with Crippen molar-refractivity contribution in [2.75, 3.05) is 0 Å². The molecule has 0 unspecified atom stereocenters. The van der Waals surface area contributed by atoms with E-state index >= 15 is 0 Å². The molecule has 0 aliphatic carbocycles. The lowest BCUT2D eigenvalue weighted by Crippen LogP contribution is -2.17. The van der Waals surface area contributed by atoms with Crippen LogP contribution in [0.15, 0.2) is 18.2 Å². The van der Waals surface area contributed by atoms with Gasteiger partial charge in [0, 0.05) is 12.5 Å². The van der Waals surface area contributed by atoms with Gasteiger partial charge in [-0.15, -0.1) is 0 Å². The Morgan fingerprint density at radius 1 is 1.19 bits per heavy atom. The highest BCUT2D eigenvalue weighted by molar-refractivity contribution is 5.35. The average molecular weight is 231 g/mol. The second-order valence-corrected chi connectivity index (χ2v) is 4.07. The van der Waals surface area contributed by atoms with Crippen LogP contribution < -0.4 is 5.73 Å². The highest BCUT2D eigenvalue weighted by Gasteiger charge is 2.28. The molecule has 1 rings (SSSR count). The Balaban J connectivity index is 2.77. The minimum absolute atomic E-state index is 0.0603. The first kappa shape index (κ1) is 13.0. The quantitative estimate of drug-likeness (QED) is 0.844. The molecule has 0 amide bonds. The van der Waals surface area contributed by atoms with E-state index < -0.39 is 18.6 Å². The largest absolute Gasteiger partial charge is 0.389 e. The van der Waals surface area contributed by atoms with E-state index in [-0.39, 0.29) is 6.42 Å². The zero-order valence-corrected chi connectivity index (χ0v) is 9.43. The van der Waals surface area contributed by atoms with Gasteiger partial charge in [0.1, 0.15) is 0 Å². The summed E-state index contributed by atoms with van der Waals surface area (Å²) in [5.41, 5.74) is 8.55. The second kappa shape index (κ2) is 4.87. The Morgan fingerprint density at radius 2 is 1.69 bits per heavy atom. The predicted octanol–water partition coefficient (Wildman–Crippen LogP) is 3.65. The molecule has 90 valence electrons. The molecule has 0 bridgehead atoms. The molecule has 1 aromatic carbocycles. The number of aryl methyl sites for hydroxylation is 2. The summed E-state index contributed by atoms with van der Waals surface area (Å²) < 4.78 is 36.2. The summed E-state index contributed by atoms with van der Waals surface area (Å²) in [6, 6.07) is 5.08. The van der Waals surface area contributed by atoms with Gasteiger partial charge in [0.05, 0.1) is 0 Å². The summed E-state index contributed by atoms with van der Waals surface area (Å²) in [6.45, 7) is 3.74. The molecule has 0 heterocycles. The number of nitrogens with two attached hydrogens (primary N) is 1. The van der Waals surface area contributed by atoms with Crippen LogP contribution in [0.3, 0.4) is 0 Å². The maximum atomic E-state index is 12.1. The van der Waals surface area contributed by atoms with Crippen molar-refractivity contribution in [3.63, 3.8) is 0 Å².